The molecule has 1 heterocycles. The van der Waals surface area contributed by atoms with Crippen LogP contribution in [0, 0.1) is 5.92 Å². The number of anilines is 1. The number of nitrogens with one attached hydrogen (secondary N) is 2. The number of aromatic nitrogens is 1. The van der Waals surface area contributed by atoms with Gasteiger partial charge in [0.25, 0.3) is 5.91 Å². The average Bonchev–Trinajstić information content (AvgIpc) is 3.22. The quantitative estimate of drug-likeness (QED) is 0.640. The number of carbonyl (C=O) groups is 2. The molecule has 0 atom stereocenters. The van der Waals surface area contributed by atoms with Crippen LogP contribution in [0.3, 0.4) is 0 Å². The van der Waals surface area contributed by atoms with Crippen molar-refractivity contribution in [3.8, 4) is 0 Å². The van der Waals surface area contributed by atoms with Crippen LogP contribution in [-0.4, -0.2) is 22.5 Å². The minimum Gasteiger partial charge on any atom is -0.326 e. The van der Waals surface area contributed by atoms with Gasteiger partial charge < -0.3 is 5.32 Å². The lowest BCUT2D eigenvalue weighted by molar-refractivity contribution is -0.119. The van der Waals surface area contributed by atoms with Gasteiger partial charge in [0.2, 0.25) is 5.91 Å². The smallest absolute Gasteiger partial charge is 0.271 e. The predicted octanol–water partition coefficient (Wildman–Crippen LogP) is 3.36. The van der Waals surface area contributed by atoms with Gasteiger partial charge in [-0.3, -0.25) is 14.6 Å². The lowest BCUT2D eigenvalue weighted by Gasteiger charge is -2.11. The highest BCUT2D eigenvalue weighted by molar-refractivity contribution is 6.02. The Balaban J connectivity index is 1.64. The summed E-state index contributed by atoms with van der Waals surface area (Å²) in [5.74, 6) is -0.0919. The number of amides is 2. The highest BCUT2D eigenvalue weighted by atomic mass is 16.2. The molecular formula is C20H22N4O2. The number of hydrogen-bond acceptors (Lipinski definition) is 4. The summed E-state index contributed by atoms with van der Waals surface area (Å²) < 4.78 is 0. The molecular weight excluding hydrogens is 328 g/mol. The van der Waals surface area contributed by atoms with Gasteiger partial charge in [0.15, 0.2) is 0 Å². The lowest BCUT2D eigenvalue weighted by Crippen LogP contribution is -2.21. The zero-order valence-corrected chi connectivity index (χ0v) is 14.7. The first-order valence-corrected chi connectivity index (χ1v) is 8.79. The molecule has 1 aromatic heterocycles. The maximum atomic E-state index is 12.3. The summed E-state index contributed by atoms with van der Waals surface area (Å²) in [6.45, 7) is 1.81. The topological polar surface area (TPSA) is 83.4 Å². The molecule has 0 bridgehead atoms. The van der Waals surface area contributed by atoms with E-state index in [1.165, 1.54) is 0 Å². The maximum Gasteiger partial charge on any atom is 0.271 e. The lowest BCUT2D eigenvalue weighted by atomic mass is 10.1. The van der Waals surface area contributed by atoms with Gasteiger partial charge >= 0.3 is 0 Å². The van der Waals surface area contributed by atoms with E-state index in [0.717, 1.165) is 36.9 Å². The molecule has 3 rings (SSSR count). The Morgan fingerprint density at radius 1 is 1.08 bits per heavy atom. The molecule has 0 radical (unpaired) electrons. The molecule has 6 nitrogen and oxygen atoms in total. The van der Waals surface area contributed by atoms with E-state index < -0.39 is 0 Å². The molecule has 1 saturated carbocycles. The van der Waals surface area contributed by atoms with Crippen LogP contribution in [0.2, 0.25) is 0 Å². The van der Waals surface area contributed by atoms with Gasteiger partial charge in [0.1, 0.15) is 0 Å². The van der Waals surface area contributed by atoms with Gasteiger partial charge in [-0.05, 0) is 49.6 Å². The second-order valence-corrected chi connectivity index (χ2v) is 6.43. The number of rotatable bonds is 5. The van der Waals surface area contributed by atoms with Crippen molar-refractivity contribution >= 4 is 23.2 Å². The molecule has 2 N–H and O–H groups in total. The summed E-state index contributed by atoms with van der Waals surface area (Å²) in [5.41, 5.74) is 5.27. The molecule has 1 aliphatic rings. The third-order valence-corrected chi connectivity index (χ3v) is 4.54. The fourth-order valence-corrected chi connectivity index (χ4v) is 3.02. The second kappa shape index (κ2) is 8.38. The van der Waals surface area contributed by atoms with E-state index in [4.69, 9.17) is 0 Å². The van der Waals surface area contributed by atoms with E-state index >= 15 is 0 Å². The summed E-state index contributed by atoms with van der Waals surface area (Å²) in [6, 6.07) is 10.7. The van der Waals surface area contributed by atoms with Crippen LogP contribution in [0.5, 0.6) is 0 Å². The average molecular weight is 350 g/mol. The Labute approximate surface area is 152 Å². The number of carbonyl (C=O) groups excluding carboxylic acids is 2. The largest absolute Gasteiger partial charge is 0.326 e. The summed E-state index contributed by atoms with van der Waals surface area (Å²) >= 11 is 0. The molecule has 2 amide bonds. The van der Waals surface area contributed by atoms with E-state index in [9.17, 15) is 9.59 Å². The van der Waals surface area contributed by atoms with Crippen LogP contribution in [0.4, 0.5) is 5.69 Å². The number of benzene rings is 1. The van der Waals surface area contributed by atoms with E-state index in [2.05, 4.69) is 20.8 Å². The molecule has 0 saturated heterocycles. The summed E-state index contributed by atoms with van der Waals surface area (Å²) in [4.78, 5) is 28.2. The van der Waals surface area contributed by atoms with Crippen LogP contribution in [0.1, 0.15) is 48.5 Å². The fourth-order valence-electron chi connectivity index (χ4n) is 3.02. The van der Waals surface area contributed by atoms with E-state index in [0.29, 0.717) is 11.3 Å². The van der Waals surface area contributed by atoms with Crippen molar-refractivity contribution in [2.24, 2.45) is 11.0 Å². The Hall–Kier alpha value is -3.02. The molecule has 0 aliphatic heterocycles. The van der Waals surface area contributed by atoms with E-state index in [-0.39, 0.29) is 17.7 Å². The summed E-state index contributed by atoms with van der Waals surface area (Å²) in [7, 11) is 0. The Morgan fingerprint density at radius 3 is 2.54 bits per heavy atom. The first-order valence-electron chi connectivity index (χ1n) is 8.79. The first kappa shape index (κ1) is 17.8. The molecule has 1 aromatic carbocycles. The highest BCUT2D eigenvalue weighted by Crippen LogP contribution is 2.26. The fraction of sp³-hybridized carbons (Fsp3) is 0.300. The maximum absolute atomic E-state index is 12.3. The van der Waals surface area contributed by atoms with Gasteiger partial charge in [0.05, 0.1) is 5.71 Å². The molecule has 6 heteroatoms. The summed E-state index contributed by atoms with van der Waals surface area (Å²) in [5, 5.41) is 7.13. The van der Waals surface area contributed by atoms with Gasteiger partial charge in [-0.2, -0.15) is 5.10 Å². The minimum atomic E-state index is -0.294. The van der Waals surface area contributed by atoms with Crippen molar-refractivity contribution in [3.63, 3.8) is 0 Å². The molecule has 1 aliphatic carbocycles. The third-order valence-electron chi connectivity index (χ3n) is 4.54. The van der Waals surface area contributed by atoms with E-state index in [1.54, 1.807) is 24.5 Å². The SMILES string of the molecule is CC(=NNC(=O)c1ccncc1)c1cccc(NC(=O)C2CCCC2)c1. The zero-order chi connectivity index (χ0) is 18.4. The van der Waals surface area contributed by atoms with Crippen LogP contribution in [0.25, 0.3) is 0 Å². The van der Waals surface area contributed by atoms with Crippen molar-refractivity contribution < 1.29 is 9.59 Å². The van der Waals surface area contributed by atoms with Crippen molar-refractivity contribution in [1.82, 2.24) is 10.4 Å². The second-order valence-electron chi connectivity index (χ2n) is 6.43. The van der Waals surface area contributed by atoms with Crippen molar-refractivity contribution in [1.29, 1.82) is 0 Å². The van der Waals surface area contributed by atoms with Gasteiger partial charge in [-0.15, -0.1) is 0 Å². The molecule has 2 aromatic rings. The molecule has 1 fully saturated rings. The molecule has 26 heavy (non-hydrogen) atoms. The highest BCUT2D eigenvalue weighted by Gasteiger charge is 2.22. The predicted molar refractivity (Wildman–Crippen MR) is 101 cm³/mol. The number of pyridine rings is 1. The van der Waals surface area contributed by atoms with Gasteiger partial charge in [0, 0.05) is 29.6 Å². The minimum absolute atomic E-state index is 0.0835. The first-order chi connectivity index (χ1) is 12.6. The molecule has 0 unspecified atom stereocenters. The Kier molecular flexibility index (Phi) is 5.73. The van der Waals surface area contributed by atoms with Crippen LogP contribution < -0.4 is 10.7 Å². The van der Waals surface area contributed by atoms with E-state index in [1.807, 2.05) is 31.2 Å². The van der Waals surface area contributed by atoms with Gasteiger partial charge in [-0.1, -0.05) is 25.0 Å². The van der Waals surface area contributed by atoms with Gasteiger partial charge in [-0.25, -0.2) is 5.43 Å². The van der Waals surface area contributed by atoms with Crippen LogP contribution in [0.15, 0.2) is 53.9 Å². The number of hydrogen-bond donors (Lipinski definition) is 2. The number of nitrogens with zero attached hydrogens (tertiary/aromatic N) is 2. The monoisotopic (exact) mass is 350 g/mol. The van der Waals surface area contributed by atoms with Crippen molar-refractivity contribution in [3.05, 3.63) is 59.9 Å². The van der Waals surface area contributed by atoms with Crippen molar-refractivity contribution in [2.45, 2.75) is 32.6 Å². The Morgan fingerprint density at radius 2 is 1.81 bits per heavy atom. The Bertz CT molecular complexity index is 812. The molecule has 134 valence electrons. The third kappa shape index (κ3) is 4.53. The van der Waals surface area contributed by atoms with Crippen LogP contribution in [-0.2, 0) is 4.79 Å². The van der Waals surface area contributed by atoms with Crippen LogP contribution >= 0.6 is 0 Å². The summed E-state index contributed by atoms with van der Waals surface area (Å²) in [6.07, 6.45) is 7.30. The zero-order valence-electron chi connectivity index (χ0n) is 14.7. The standard InChI is InChI=1S/C20H22N4O2/c1-14(23-24-20(26)16-9-11-21-12-10-16)17-7-4-8-18(13-17)22-19(25)15-5-2-3-6-15/h4,7-13,15H,2-3,5-6H2,1H3,(H,22,25)(H,24,26). The van der Waals surface area contributed by atoms with Crippen molar-refractivity contribution in [2.75, 3.05) is 5.32 Å². The number of hydrazone groups is 1. The molecule has 0 spiro atoms. The normalized spacial score (nSPS) is 14.9.